The van der Waals surface area contributed by atoms with Crippen molar-refractivity contribution in [2.75, 3.05) is 11.4 Å². The highest BCUT2D eigenvalue weighted by molar-refractivity contribution is 6.05. The fourth-order valence-electron chi connectivity index (χ4n) is 2.69. The van der Waals surface area contributed by atoms with E-state index in [9.17, 15) is 4.79 Å². The summed E-state index contributed by atoms with van der Waals surface area (Å²) in [5, 5.41) is 13.1. The zero-order chi connectivity index (χ0) is 17.1. The quantitative estimate of drug-likeness (QED) is 0.741. The minimum Gasteiger partial charge on any atom is -0.306 e. The van der Waals surface area contributed by atoms with E-state index in [0.717, 1.165) is 16.8 Å². The third-order valence-electron chi connectivity index (χ3n) is 3.67. The van der Waals surface area contributed by atoms with E-state index in [-0.39, 0.29) is 12.3 Å². The van der Waals surface area contributed by atoms with Crippen LogP contribution in [0.4, 0.5) is 5.69 Å². The average molecular weight is 319 g/mol. The number of fused-ring (bicyclic) bond motifs is 1. The smallest absolute Gasteiger partial charge is 0.278 e. The summed E-state index contributed by atoms with van der Waals surface area (Å²) < 4.78 is 1.57. The minimum absolute atomic E-state index is 0.235. The number of carbonyl (C=O) groups is 1. The minimum atomic E-state index is -0.235. The third-order valence-corrected chi connectivity index (χ3v) is 3.67. The molecule has 1 amide bonds. The molecule has 24 heavy (non-hydrogen) atoms. The second-order valence-corrected chi connectivity index (χ2v) is 5.66. The van der Waals surface area contributed by atoms with Crippen molar-refractivity contribution in [2.45, 2.75) is 20.3 Å². The van der Waals surface area contributed by atoms with E-state index in [2.05, 4.69) is 16.2 Å². The number of nitriles is 1. The SMILES string of the molecule is Cc1cc(C)cc(N(CCC#N)C(=O)c2cn3ncccc3n2)c1. The highest BCUT2D eigenvalue weighted by Gasteiger charge is 2.21. The molecule has 0 spiro atoms. The van der Waals surface area contributed by atoms with E-state index in [1.165, 1.54) is 0 Å². The summed E-state index contributed by atoms with van der Waals surface area (Å²) in [6.45, 7) is 4.29. The van der Waals surface area contributed by atoms with Crippen molar-refractivity contribution >= 4 is 17.2 Å². The number of anilines is 1. The summed E-state index contributed by atoms with van der Waals surface area (Å²) in [6, 6.07) is 11.6. The lowest BCUT2D eigenvalue weighted by atomic mass is 10.1. The summed E-state index contributed by atoms with van der Waals surface area (Å²) in [7, 11) is 0. The van der Waals surface area contributed by atoms with Crippen LogP contribution in [0.5, 0.6) is 0 Å². The van der Waals surface area contributed by atoms with E-state index in [4.69, 9.17) is 5.26 Å². The van der Waals surface area contributed by atoms with Crippen molar-refractivity contribution in [3.8, 4) is 6.07 Å². The van der Waals surface area contributed by atoms with Crippen LogP contribution < -0.4 is 4.90 Å². The van der Waals surface area contributed by atoms with Gasteiger partial charge in [0.2, 0.25) is 0 Å². The van der Waals surface area contributed by atoms with Gasteiger partial charge in [0.1, 0.15) is 5.69 Å². The van der Waals surface area contributed by atoms with Gasteiger partial charge in [-0.2, -0.15) is 10.4 Å². The van der Waals surface area contributed by atoms with Gasteiger partial charge in [0.25, 0.3) is 5.91 Å². The Bertz CT molecular complexity index is 885. The molecule has 6 nitrogen and oxygen atoms in total. The van der Waals surface area contributed by atoms with Crippen molar-refractivity contribution in [1.29, 1.82) is 5.26 Å². The number of hydrogen-bond acceptors (Lipinski definition) is 4. The first-order valence-electron chi connectivity index (χ1n) is 7.66. The molecule has 0 unspecified atom stereocenters. The van der Waals surface area contributed by atoms with E-state index >= 15 is 0 Å². The predicted molar refractivity (Wildman–Crippen MR) is 90.8 cm³/mol. The molecule has 1 aromatic carbocycles. The molecule has 2 heterocycles. The second kappa shape index (κ2) is 6.50. The lowest BCUT2D eigenvalue weighted by molar-refractivity contribution is 0.0983. The maximum Gasteiger partial charge on any atom is 0.278 e. The van der Waals surface area contributed by atoms with Gasteiger partial charge < -0.3 is 4.90 Å². The standard InChI is InChI=1S/C18H17N5O/c1-13-9-14(2)11-15(10-13)22(8-4-6-19)18(24)16-12-23-17(21-16)5-3-7-20-23/h3,5,7,9-12H,4,8H2,1-2H3. The molecule has 0 N–H and O–H groups in total. The van der Waals surface area contributed by atoms with Gasteiger partial charge in [-0.25, -0.2) is 9.50 Å². The molecule has 6 heteroatoms. The van der Waals surface area contributed by atoms with Crippen LogP contribution in [0.25, 0.3) is 5.65 Å². The maximum atomic E-state index is 13.0. The largest absolute Gasteiger partial charge is 0.306 e. The number of carbonyl (C=O) groups excluding carboxylic acids is 1. The molecule has 0 radical (unpaired) electrons. The molecule has 3 rings (SSSR count). The Morgan fingerprint density at radius 2 is 2.04 bits per heavy atom. The second-order valence-electron chi connectivity index (χ2n) is 5.66. The van der Waals surface area contributed by atoms with Gasteiger partial charge in [-0.3, -0.25) is 4.79 Å². The van der Waals surface area contributed by atoms with Crippen molar-refractivity contribution < 1.29 is 4.79 Å². The normalized spacial score (nSPS) is 10.5. The van der Waals surface area contributed by atoms with Crippen LogP contribution >= 0.6 is 0 Å². The van der Waals surface area contributed by atoms with Crippen LogP contribution in [0.3, 0.4) is 0 Å². The molecule has 2 aromatic heterocycles. The molecule has 3 aromatic rings. The van der Waals surface area contributed by atoms with E-state index < -0.39 is 0 Å². The van der Waals surface area contributed by atoms with Gasteiger partial charge in [-0.05, 0) is 49.2 Å². The zero-order valence-electron chi connectivity index (χ0n) is 13.6. The molecule has 0 atom stereocenters. The van der Waals surface area contributed by atoms with Gasteiger partial charge in [-0.15, -0.1) is 0 Å². The first-order chi connectivity index (χ1) is 11.6. The zero-order valence-corrected chi connectivity index (χ0v) is 13.6. The molecule has 0 aliphatic carbocycles. The molecule has 0 aliphatic heterocycles. The highest BCUT2D eigenvalue weighted by Crippen LogP contribution is 2.21. The Hall–Kier alpha value is -3.20. The van der Waals surface area contributed by atoms with E-state index in [1.807, 2.05) is 32.0 Å². The molecular weight excluding hydrogens is 302 g/mol. The van der Waals surface area contributed by atoms with Gasteiger partial charge >= 0.3 is 0 Å². The van der Waals surface area contributed by atoms with Crippen molar-refractivity contribution in [2.24, 2.45) is 0 Å². The first kappa shape index (κ1) is 15.7. The number of hydrogen-bond donors (Lipinski definition) is 0. The number of rotatable bonds is 4. The topological polar surface area (TPSA) is 74.3 Å². The molecule has 0 bridgehead atoms. The number of imidazole rings is 1. The molecule has 120 valence electrons. The van der Waals surface area contributed by atoms with E-state index in [1.54, 1.807) is 33.9 Å². The van der Waals surface area contributed by atoms with Crippen molar-refractivity contribution in [3.05, 3.63) is 59.5 Å². The molecular formula is C18H17N5O. The summed E-state index contributed by atoms with van der Waals surface area (Å²) in [6.07, 6.45) is 3.50. The Morgan fingerprint density at radius 1 is 1.29 bits per heavy atom. The monoisotopic (exact) mass is 319 g/mol. The number of amides is 1. The van der Waals surface area contributed by atoms with Crippen molar-refractivity contribution in [3.63, 3.8) is 0 Å². The van der Waals surface area contributed by atoms with Crippen LogP contribution in [0.15, 0.2) is 42.7 Å². The average Bonchev–Trinajstić information content (AvgIpc) is 2.98. The number of aromatic nitrogens is 3. The van der Waals surface area contributed by atoms with Crippen LogP contribution in [0.2, 0.25) is 0 Å². The van der Waals surface area contributed by atoms with Crippen LogP contribution in [0, 0.1) is 25.2 Å². The van der Waals surface area contributed by atoms with Crippen LogP contribution in [0.1, 0.15) is 28.0 Å². The maximum absolute atomic E-state index is 13.0. The first-order valence-corrected chi connectivity index (χ1v) is 7.66. The Morgan fingerprint density at radius 3 is 2.71 bits per heavy atom. The number of aryl methyl sites for hydroxylation is 2. The summed E-state index contributed by atoms with van der Waals surface area (Å²) in [5.41, 5.74) is 3.83. The fourth-order valence-corrected chi connectivity index (χ4v) is 2.69. The molecule has 0 saturated heterocycles. The predicted octanol–water partition coefficient (Wildman–Crippen LogP) is 2.91. The van der Waals surface area contributed by atoms with Crippen LogP contribution in [-0.4, -0.2) is 27.0 Å². The lowest BCUT2D eigenvalue weighted by Crippen LogP contribution is -2.32. The number of nitrogens with zero attached hydrogens (tertiary/aromatic N) is 5. The Balaban J connectivity index is 2.01. The van der Waals surface area contributed by atoms with Crippen LogP contribution in [-0.2, 0) is 0 Å². The van der Waals surface area contributed by atoms with Crippen molar-refractivity contribution in [1.82, 2.24) is 14.6 Å². The highest BCUT2D eigenvalue weighted by atomic mass is 16.2. The third kappa shape index (κ3) is 3.10. The van der Waals surface area contributed by atoms with Gasteiger partial charge in [0.15, 0.2) is 5.65 Å². The summed E-state index contributed by atoms with van der Waals surface area (Å²) >= 11 is 0. The van der Waals surface area contributed by atoms with Gasteiger partial charge in [0.05, 0.1) is 18.7 Å². The fraction of sp³-hybridized carbons (Fsp3) is 0.222. The van der Waals surface area contributed by atoms with Gasteiger partial charge in [0, 0.05) is 18.4 Å². The lowest BCUT2D eigenvalue weighted by Gasteiger charge is -2.21. The molecule has 0 aliphatic rings. The van der Waals surface area contributed by atoms with E-state index in [0.29, 0.717) is 17.9 Å². The Kier molecular flexibility index (Phi) is 4.25. The molecule has 0 saturated carbocycles. The van der Waals surface area contributed by atoms with Gasteiger partial charge in [-0.1, -0.05) is 6.07 Å². The summed E-state index contributed by atoms with van der Waals surface area (Å²) in [5.74, 6) is -0.235. The number of benzene rings is 1. The molecule has 0 fully saturated rings. The Labute approximate surface area is 140 Å². The summed E-state index contributed by atoms with van der Waals surface area (Å²) in [4.78, 5) is 18.9.